The molecule has 0 bridgehead atoms. The average Bonchev–Trinajstić information content (AvgIpc) is 2.31. The van der Waals surface area contributed by atoms with Crippen LogP contribution in [-0.4, -0.2) is 34.8 Å². The zero-order chi connectivity index (χ0) is 11.6. The number of aromatic nitrogens is 2. The van der Waals surface area contributed by atoms with E-state index in [4.69, 9.17) is 5.11 Å². The van der Waals surface area contributed by atoms with Crippen molar-refractivity contribution in [1.82, 2.24) is 15.3 Å². The Labute approximate surface area is 96.3 Å². The first-order chi connectivity index (χ1) is 7.86. The molecule has 0 aliphatic rings. The number of anilines is 1. The molecule has 0 saturated carbocycles. The minimum Gasteiger partial charge on any atom is -0.396 e. The summed E-state index contributed by atoms with van der Waals surface area (Å²) in [5, 5.41) is 14.9. The van der Waals surface area contributed by atoms with E-state index in [0.717, 1.165) is 38.0 Å². The van der Waals surface area contributed by atoms with E-state index in [0.29, 0.717) is 5.95 Å². The molecule has 0 unspecified atom stereocenters. The van der Waals surface area contributed by atoms with Crippen molar-refractivity contribution in [1.29, 1.82) is 0 Å². The quantitative estimate of drug-likeness (QED) is 0.569. The highest BCUT2D eigenvalue weighted by Gasteiger charge is 1.96. The van der Waals surface area contributed by atoms with Crippen LogP contribution in [0.1, 0.15) is 25.3 Å². The SMILES string of the molecule is CCNc1ncc(CNCCCCO)cn1. The highest BCUT2D eigenvalue weighted by atomic mass is 16.2. The van der Waals surface area contributed by atoms with Gasteiger partial charge in [-0.3, -0.25) is 0 Å². The summed E-state index contributed by atoms with van der Waals surface area (Å²) in [5.41, 5.74) is 1.07. The first-order valence-electron chi connectivity index (χ1n) is 5.73. The number of hydrogen-bond donors (Lipinski definition) is 3. The minimum absolute atomic E-state index is 0.266. The molecule has 90 valence electrons. The van der Waals surface area contributed by atoms with Crippen molar-refractivity contribution in [3.8, 4) is 0 Å². The summed E-state index contributed by atoms with van der Waals surface area (Å²) < 4.78 is 0. The lowest BCUT2D eigenvalue weighted by Crippen LogP contribution is -2.15. The Kier molecular flexibility index (Phi) is 6.44. The van der Waals surface area contributed by atoms with Crippen molar-refractivity contribution in [2.75, 3.05) is 25.0 Å². The lowest BCUT2D eigenvalue weighted by Gasteiger charge is -2.05. The van der Waals surface area contributed by atoms with Gasteiger partial charge in [-0.05, 0) is 26.3 Å². The van der Waals surface area contributed by atoms with Gasteiger partial charge < -0.3 is 15.7 Å². The van der Waals surface area contributed by atoms with Crippen molar-refractivity contribution < 1.29 is 5.11 Å². The van der Waals surface area contributed by atoms with Gasteiger partial charge in [-0.1, -0.05) is 0 Å². The second-order valence-electron chi connectivity index (χ2n) is 3.55. The number of nitrogens with zero attached hydrogens (tertiary/aromatic N) is 2. The number of nitrogens with one attached hydrogen (secondary N) is 2. The Hall–Kier alpha value is -1.20. The molecule has 0 saturated heterocycles. The van der Waals surface area contributed by atoms with E-state index in [-0.39, 0.29) is 6.61 Å². The van der Waals surface area contributed by atoms with Crippen LogP contribution in [0.5, 0.6) is 0 Å². The second-order valence-corrected chi connectivity index (χ2v) is 3.55. The molecule has 5 heteroatoms. The molecule has 1 aromatic heterocycles. The maximum atomic E-state index is 8.61. The standard InChI is InChI=1S/C11H20N4O/c1-2-13-11-14-8-10(9-15-11)7-12-5-3-4-6-16/h8-9,12,16H,2-7H2,1H3,(H,13,14,15). The molecule has 0 aromatic carbocycles. The summed E-state index contributed by atoms with van der Waals surface area (Å²) >= 11 is 0. The van der Waals surface area contributed by atoms with Crippen LogP contribution in [0.15, 0.2) is 12.4 Å². The van der Waals surface area contributed by atoms with E-state index in [9.17, 15) is 0 Å². The molecule has 1 heterocycles. The summed E-state index contributed by atoms with van der Waals surface area (Å²) in [4.78, 5) is 8.36. The predicted molar refractivity (Wildman–Crippen MR) is 64.2 cm³/mol. The van der Waals surface area contributed by atoms with Gasteiger partial charge in [0.2, 0.25) is 5.95 Å². The molecule has 1 aromatic rings. The predicted octanol–water partition coefficient (Wildman–Crippen LogP) is 0.770. The zero-order valence-electron chi connectivity index (χ0n) is 9.74. The molecular formula is C11H20N4O. The summed E-state index contributed by atoms with van der Waals surface area (Å²) in [6.07, 6.45) is 5.49. The van der Waals surface area contributed by atoms with Crippen LogP contribution in [0, 0.1) is 0 Å². The number of unbranched alkanes of at least 4 members (excludes halogenated alkanes) is 1. The maximum Gasteiger partial charge on any atom is 0.222 e. The molecule has 0 spiro atoms. The molecule has 0 amide bonds. The molecule has 16 heavy (non-hydrogen) atoms. The molecule has 3 N–H and O–H groups in total. The van der Waals surface area contributed by atoms with E-state index in [1.807, 2.05) is 19.3 Å². The monoisotopic (exact) mass is 224 g/mol. The van der Waals surface area contributed by atoms with Crippen molar-refractivity contribution in [3.63, 3.8) is 0 Å². The van der Waals surface area contributed by atoms with Crippen LogP contribution in [0.2, 0.25) is 0 Å². The minimum atomic E-state index is 0.266. The van der Waals surface area contributed by atoms with Gasteiger partial charge in [-0.25, -0.2) is 9.97 Å². The lowest BCUT2D eigenvalue weighted by atomic mass is 10.3. The van der Waals surface area contributed by atoms with Gasteiger partial charge in [-0.15, -0.1) is 0 Å². The molecule has 0 radical (unpaired) electrons. The Morgan fingerprint density at radius 2 is 2.00 bits per heavy atom. The lowest BCUT2D eigenvalue weighted by molar-refractivity contribution is 0.283. The maximum absolute atomic E-state index is 8.61. The highest BCUT2D eigenvalue weighted by Crippen LogP contribution is 1.99. The average molecular weight is 224 g/mol. The summed E-state index contributed by atoms with van der Waals surface area (Å²) in [6, 6.07) is 0. The third-order valence-corrected chi connectivity index (χ3v) is 2.13. The Morgan fingerprint density at radius 1 is 1.25 bits per heavy atom. The smallest absolute Gasteiger partial charge is 0.222 e. The highest BCUT2D eigenvalue weighted by molar-refractivity contribution is 5.24. The van der Waals surface area contributed by atoms with Crippen molar-refractivity contribution in [2.24, 2.45) is 0 Å². The zero-order valence-corrected chi connectivity index (χ0v) is 9.74. The fraction of sp³-hybridized carbons (Fsp3) is 0.636. The Bertz CT molecular complexity index is 276. The van der Waals surface area contributed by atoms with Gasteiger partial charge >= 0.3 is 0 Å². The van der Waals surface area contributed by atoms with Gasteiger partial charge in [0.05, 0.1) is 0 Å². The Morgan fingerprint density at radius 3 is 2.62 bits per heavy atom. The number of rotatable bonds is 8. The molecule has 0 fully saturated rings. The van der Waals surface area contributed by atoms with Gasteiger partial charge in [-0.2, -0.15) is 0 Å². The first kappa shape index (κ1) is 12.9. The third kappa shape index (κ3) is 5.04. The van der Waals surface area contributed by atoms with E-state index in [2.05, 4.69) is 20.6 Å². The van der Waals surface area contributed by atoms with Gasteiger partial charge in [0.25, 0.3) is 0 Å². The van der Waals surface area contributed by atoms with Crippen LogP contribution in [0.3, 0.4) is 0 Å². The van der Waals surface area contributed by atoms with Crippen LogP contribution in [-0.2, 0) is 6.54 Å². The molecular weight excluding hydrogens is 204 g/mol. The molecule has 5 nitrogen and oxygen atoms in total. The van der Waals surface area contributed by atoms with Crippen LogP contribution in [0.4, 0.5) is 5.95 Å². The number of aliphatic hydroxyl groups is 1. The van der Waals surface area contributed by atoms with E-state index in [1.54, 1.807) is 0 Å². The first-order valence-corrected chi connectivity index (χ1v) is 5.73. The normalized spacial score (nSPS) is 10.4. The van der Waals surface area contributed by atoms with E-state index in [1.165, 1.54) is 0 Å². The molecule has 0 aliphatic carbocycles. The van der Waals surface area contributed by atoms with Gasteiger partial charge in [0, 0.05) is 37.7 Å². The topological polar surface area (TPSA) is 70.1 Å². The summed E-state index contributed by atoms with van der Waals surface area (Å²) in [5.74, 6) is 0.673. The number of aliphatic hydroxyl groups excluding tert-OH is 1. The Balaban J connectivity index is 2.21. The summed E-state index contributed by atoms with van der Waals surface area (Å²) in [6.45, 7) is 4.80. The van der Waals surface area contributed by atoms with Gasteiger partial charge in [0.1, 0.15) is 0 Å². The largest absolute Gasteiger partial charge is 0.396 e. The van der Waals surface area contributed by atoms with Crippen LogP contribution < -0.4 is 10.6 Å². The number of hydrogen-bond acceptors (Lipinski definition) is 5. The fourth-order valence-corrected chi connectivity index (χ4v) is 1.29. The van der Waals surface area contributed by atoms with Gasteiger partial charge in [0.15, 0.2) is 0 Å². The van der Waals surface area contributed by atoms with Crippen molar-refractivity contribution >= 4 is 5.95 Å². The second kappa shape index (κ2) is 8.01. The fourth-order valence-electron chi connectivity index (χ4n) is 1.29. The van der Waals surface area contributed by atoms with Crippen molar-refractivity contribution in [3.05, 3.63) is 18.0 Å². The van der Waals surface area contributed by atoms with Crippen LogP contribution >= 0.6 is 0 Å². The van der Waals surface area contributed by atoms with Crippen molar-refractivity contribution in [2.45, 2.75) is 26.3 Å². The van der Waals surface area contributed by atoms with E-state index >= 15 is 0 Å². The third-order valence-electron chi connectivity index (χ3n) is 2.13. The molecule has 0 atom stereocenters. The molecule has 1 rings (SSSR count). The molecule has 0 aliphatic heterocycles. The van der Waals surface area contributed by atoms with Crippen LogP contribution in [0.25, 0.3) is 0 Å². The summed E-state index contributed by atoms with van der Waals surface area (Å²) in [7, 11) is 0. The van der Waals surface area contributed by atoms with E-state index < -0.39 is 0 Å².